The molecule has 7 heteroatoms. The Bertz CT molecular complexity index is 485. The van der Waals surface area contributed by atoms with Crippen LogP contribution in [0.2, 0.25) is 5.02 Å². The first-order valence-electron chi connectivity index (χ1n) is 6.62. The van der Waals surface area contributed by atoms with E-state index in [9.17, 15) is 9.59 Å². The molecule has 1 aromatic heterocycles. The standard InChI is InChI=1S/C13H20ClN3O3/c1-9-11(14)12(16-17(9)2)13(20)15-8-6-4-3-5-7-10(18)19/h3-8H2,1-2H3,(H,15,20)(H,18,19). The summed E-state index contributed by atoms with van der Waals surface area (Å²) in [6.45, 7) is 2.34. The van der Waals surface area contributed by atoms with Gasteiger partial charge in [0.1, 0.15) is 0 Å². The van der Waals surface area contributed by atoms with E-state index in [1.807, 2.05) is 0 Å². The van der Waals surface area contributed by atoms with Crippen molar-refractivity contribution in [2.24, 2.45) is 7.05 Å². The van der Waals surface area contributed by atoms with E-state index in [1.54, 1.807) is 18.7 Å². The summed E-state index contributed by atoms with van der Waals surface area (Å²) in [5.41, 5.74) is 1.00. The van der Waals surface area contributed by atoms with E-state index in [2.05, 4.69) is 10.4 Å². The molecule has 0 aliphatic rings. The van der Waals surface area contributed by atoms with Gasteiger partial charge >= 0.3 is 5.97 Å². The van der Waals surface area contributed by atoms with E-state index in [4.69, 9.17) is 16.7 Å². The van der Waals surface area contributed by atoms with E-state index >= 15 is 0 Å². The smallest absolute Gasteiger partial charge is 0.303 e. The minimum Gasteiger partial charge on any atom is -0.481 e. The molecule has 0 atom stereocenters. The Balaban J connectivity index is 2.23. The van der Waals surface area contributed by atoms with E-state index in [1.165, 1.54) is 0 Å². The van der Waals surface area contributed by atoms with Crippen molar-refractivity contribution in [2.45, 2.75) is 39.0 Å². The molecule has 2 N–H and O–H groups in total. The topological polar surface area (TPSA) is 84.2 Å². The van der Waals surface area contributed by atoms with Crippen molar-refractivity contribution in [1.82, 2.24) is 15.1 Å². The number of unbranched alkanes of at least 4 members (excludes halogenated alkanes) is 3. The van der Waals surface area contributed by atoms with Crippen molar-refractivity contribution in [3.05, 3.63) is 16.4 Å². The van der Waals surface area contributed by atoms with Gasteiger partial charge in [0.15, 0.2) is 5.69 Å². The second-order valence-electron chi connectivity index (χ2n) is 4.69. The van der Waals surface area contributed by atoms with Crippen LogP contribution < -0.4 is 5.32 Å². The molecule has 0 aromatic carbocycles. The Labute approximate surface area is 123 Å². The summed E-state index contributed by atoms with van der Waals surface area (Å²) in [4.78, 5) is 22.2. The van der Waals surface area contributed by atoms with Crippen molar-refractivity contribution in [1.29, 1.82) is 0 Å². The molecule has 1 aromatic rings. The van der Waals surface area contributed by atoms with Crippen LogP contribution in [0.3, 0.4) is 0 Å². The molecule has 0 spiro atoms. The summed E-state index contributed by atoms with van der Waals surface area (Å²) in [6.07, 6.45) is 3.44. The molecule has 0 radical (unpaired) electrons. The Morgan fingerprint density at radius 1 is 1.30 bits per heavy atom. The summed E-state index contributed by atoms with van der Waals surface area (Å²) in [7, 11) is 1.74. The third-order valence-electron chi connectivity index (χ3n) is 3.08. The molecular formula is C13H20ClN3O3. The van der Waals surface area contributed by atoms with Gasteiger partial charge in [-0.05, 0) is 19.8 Å². The summed E-state index contributed by atoms with van der Waals surface area (Å²) in [5, 5.41) is 15.7. The predicted octanol–water partition coefficient (Wildman–Crippen LogP) is 2.15. The maximum atomic E-state index is 11.9. The lowest BCUT2D eigenvalue weighted by Gasteiger charge is -2.03. The number of amides is 1. The summed E-state index contributed by atoms with van der Waals surface area (Å²) < 4.78 is 1.57. The SMILES string of the molecule is Cc1c(Cl)c(C(=O)NCCCCCCC(=O)O)nn1C. The molecule has 0 unspecified atom stereocenters. The fraction of sp³-hybridized carbons (Fsp3) is 0.615. The zero-order valence-corrected chi connectivity index (χ0v) is 12.5. The Morgan fingerprint density at radius 2 is 1.95 bits per heavy atom. The van der Waals surface area contributed by atoms with E-state index < -0.39 is 5.97 Å². The molecule has 0 aliphatic heterocycles. The van der Waals surface area contributed by atoms with E-state index in [0.717, 1.165) is 25.0 Å². The van der Waals surface area contributed by atoms with Gasteiger partial charge in [0, 0.05) is 20.0 Å². The maximum Gasteiger partial charge on any atom is 0.303 e. The first-order valence-corrected chi connectivity index (χ1v) is 7.00. The number of carbonyl (C=O) groups is 2. The molecule has 112 valence electrons. The van der Waals surface area contributed by atoms with Gasteiger partial charge in [-0.15, -0.1) is 0 Å². The summed E-state index contributed by atoms with van der Waals surface area (Å²) >= 11 is 6.02. The largest absolute Gasteiger partial charge is 0.481 e. The normalized spacial score (nSPS) is 10.6. The lowest BCUT2D eigenvalue weighted by atomic mass is 10.1. The van der Waals surface area contributed by atoms with E-state index in [0.29, 0.717) is 18.0 Å². The zero-order chi connectivity index (χ0) is 15.1. The molecule has 0 saturated heterocycles. The molecule has 1 amide bonds. The highest BCUT2D eigenvalue weighted by Crippen LogP contribution is 2.18. The molecule has 1 rings (SSSR count). The minimum atomic E-state index is -0.765. The first-order chi connectivity index (χ1) is 9.43. The van der Waals surface area contributed by atoms with Gasteiger partial charge in [-0.2, -0.15) is 5.10 Å². The van der Waals surface area contributed by atoms with Gasteiger partial charge in [0.25, 0.3) is 5.91 Å². The van der Waals surface area contributed by atoms with E-state index in [-0.39, 0.29) is 18.0 Å². The number of nitrogens with one attached hydrogen (secondary N) is 1. The number of carbonyl (C=O) groups excluding carboxylic acids is 1. The number of hydrogen-bond donors (Lipinski definition) is 2. The molecule has 0 aliphatic carbocycles. The highest BCUT2D eigenvalue weighted by Gasteiger charge is 2.17. The van der Waals surface area contributed by atoms with Gasteiger partial charge in [0.05, 0.1) is 10.7 Å². The Morgan fingerprint density at radius 3 is 2.50 bits per heavy atom. The second-order valence-corrected chi connectivity index (χ2v) is 5.06. The molecule has 20 heavy (non-hydrogen) atoms. The van der Waals surface area contributed by atoms with Crippen LogP contribution >= 0.6 is 11.6 Å². The van der Waals surface area contributed by atoms with Crippen molar-refractivity contribution in [2.75, 3.05) is 6.54 Å². The highest BCUT2D eigenvalue weighted by molar-refractivity contribution is 6.34. The number of hydrogen-bond acceptors (Lipinski definition) is 3. The zero-order valence-electron chi connectivity index (χ0n) is 11.8. The number of aryl methyl sites for hydroxylation is 1. The van der Waals surface area contributed by atoms with Gasteiger partial charge < -0.3 is 10.4 Å². The lowest BCUT2D eigenvalue weighted by Crippen LogP contribution is -2.25. The number of nitrogens with zero attached hydrogens (tertiary/aromatic N) is 2. The van der Waals surface area contributed by atoms with Gasteiger partial charge in [-0.25, -0.2) is 0 Å². The lowest BCUT2D eigenvalue weighted by molar-refractivity contribution is -0.137. The third-order valence-corrected chi connectivity index (χ3v) is 3.53. The maximum absolute atomic E-state index is 11.9. The Kier molecular flexibility index (Phi) is 6.51. The fourth-order valence-electron chi connectivity index (χ4n) is 1.77. The van der Waals surface area contributed by atoms with Crippen LogP contribution in [-0.2, 0) is 11.8 Å². The average molecular weight is 302 g/mol. The van der Waals surface area contributed by atoms with Crippen molar-refractivity contribution < 1.29 is 14.7 Å². The van der Waals surface area contributed by atoms with Crippen LogP contribution in [0, 0.1) is 6.92 Å². The number of carboxylic acid groups (broad SMARTS) is 1. The molecular weight excluding hydrogens is 282 g/mol. The van der Waals surface area contributed by atoms with Gasteiger partial charge in [-0.1, -0.05) is 24.4 Å². The van der Waals surface area contributed by atoms with Crippen LogP contribution in [0.4, 0.5) is 0 Å². The van der Waals surface area contributed by atoms with Gasteiger partial charge in [0.2, 0.25) is 0 Å². The Hall–Kier alpha value is -1.56. The third kappa shape index (κ3) is 4.85. The molecule has 0 bridgehead atoms. The molecule has 6 nitrogen and oxygen atoms in total. The number of halogens is 1. The first kappa shape index (κ1) is 16.5. The summed E-state index contributed by atoms with van der Waals surface area (Å²) in [5.74, 6) is -1.04. The quantitative estimate of drug-likeness (QED) is 0.721. The number of rotatable bonds is 8. The fourth-order valence-corrected chi connectivity index (χ4v) is 2.01. The number of aromatic nitrogens is 2. The summed E-state index contributed by atoms with van der Waals surface area (Å²) in [6, 6.07) is 0. The van der Waals surface area contributed by atoms with Crippen molar-refractivity contribution >= 4 is 23.5 Å². The highest BCUT2D eigenvalue weighted by atomic mass is 35.5. The molecule has 0 fully saturated rings. The molecule has 1 heterocycles. The average Bonchev–Trinajstić information content (AvgIpc) is 2.65. The number of carboxylic acids is 1. The van der Waals surface area contributed by atoms with Gasteiger partial charge in [-0.3, -0.25) is 14.3 Å². The molecule has 0 saturated carbocycles. The minimum absolute atomic E-state index is 0.204. The van der Waals surface area contributed by atoms with Crippen LogP contribution in [0.5, 0.6) is 0 Å². The predicted molar refractivity (Wildman–Crippen MR) is 76.0 cm³/mol. The van der Waals surface area contributed by atoms with Crippen molar-refractivity contribution in [3.63, 3.8) is 0 Å². The van der Waals surface area contributed by atoms with Crippen LogP contribution in [0.1, 0.15) is 48.3 Å². The van der Waals surface area contributed by atoms with Crippen LogP contribution in [0.25, 0.3) is 0 Å². The van der Waals surface area contributed by atoms with Crippen LogP contribution in [0.15, 0.2) is 0 Å². The second kappa shape index (κ2) is 7.89. The van der Waals surface area contributed by atoms with Crippen LogP contribution in [-0.4, -0.2) is 33.3 Å². The monoisotopic (exact) mass is 301 g/mol. The number of aliphatic carboxylic acids is 1. The van der Waals surface area contributed by atoms with Crippen molar-refractivity contribution in [3.8, 4) is 0 Å².